The molecule has 0 fully saturated rings. The van der Waals surface area contributed by atoms with Gasteiger partial charge in [-0.2, -0.15) is 0 Å². The second kappa shape index (κ2) is 4.58. The Balaban J connectivity index is 2.88. The lowest BCUT2D eigenvalue weighted by Gasteiger charge is -2.09. The van der Waals surface area contributed by atoms with Crippen molar-refractivity contribution >= 4 is 11.6 Å². The maximum absolute atomic E-state index is 13.4. The summed E-state index contributed by atoms with van der Waals surface area (Å²) in [5, 5.41) is 0.487. The monoisotopic (exact) mass is 201 g/mol. The highest BCUT2D eigenvalue weighted by molar-refractivity contribution is 6.31. The van der Waals surface area contributed by atoms with Gasteiger partial charge < -0.3 is 5.73 Å². The first-order valence-corrected chi connectivity index (χ1v) is 4.63. The summed E-state index contributed by atoms with van der Waals surface area (Å²) in [4.78, 5) is 0. The first-order chi connectivity index (χ1) is 6.15. The lowest BCUT2D eigenvalue weighted by atomic mass is 10.1. The average molecular weight is 202 g/mol. The Morgan fingerprint density at radius 2 is 2.23 bits per heavy atom. The van der Waals surface area contributed by atoms with E-state index in [9.17, 15) is 4.39 Å². The molecule has 1 aromatic rings. The number of hydrogen-bond acceptors (Lipinski definition) is 1. The van der Waals surface area contributed by atoms with Crippen molar-refractivity contribution in [3.05, 3.63) is 34.3 Å². The van der Waals surface area contributed by atoms with Crippen molar-refractivity contribution in [1.82, 2.24) is 0 Å². The summed E-state index contributed by atoms with van der Waals surface area (Å²) in [6, 6.07) is 5.34. The van der Waals surface area contributed by atoms with Crippen LogP contribution in [0.3, 0.4) is 0 Å². The van der Waals surface area contributed by atoms with Crippen molar-refractivity contribution in [2.24, 2.45) is 5.73 Å². The van der Waals surface area contributed by atoms with Gasteiger partial charge in [0.05, 0.1) is 0 Å². The first-order valence-electron chi connectivity index (χ1n) is 4.25. The van der Waals surface area contributed by atoms with Crippen molar-refractivity contribution in [2.45, 2.75) is 19.5 Å². The number of benzene rings is 1. The second-order valence-corrected chi connectivity index (χ2v) is 3.48. The van der Waals surface area contributed by atoms with Crippen LogP contribution in [0.15, 0.2) is 18.2 Å². The van der Waals surface area contributed by atoms with Crippen LogP contribution in [0, 0.1) is 6.92 Å². The standard InChI is InChI=1S/C10H13ClFN/c1-7-2-3-8(9(11)6-7)10(12)4-5-13/h2-3,6,10H,4-5,13H2,1H3. The topological polar surface area (TPSA) is 26.0 Å². The third-order valence-corrected chi connectivity index (χ3v) is 2.24. The van der Waals surface area contributed by atoms with E-state index >= 15 is 0 Å². The van der Waals surface area contributed by atoms with Crippen molar-refractivity contribution in [3.8, 4) is 0 Å². The van der Waals surface area contributed by atoms with E-state index in [0.717, 1.165) is 5.56 Å². The highest BCUT2D eigenvalue weighted by atomic mass is 35.5. The molecule has 0 amide bonds. The van der Waals surface area contributed by atoms with E-state index in [2.05, 4.69) is 0 Å². The van der Waals surface area contributed by atoms with Gasteiger partial charge in [0.2, 0.25) is 0 Å². The molecule has 0 saturated carbocycles. The van der Waals surface area contributed by atoms with Crippen LogP contribution in [-0.2, 0) is 0 Å². The number of rotatable bonds is 3. The van der Waals surface area contributed by atoms with Gasteiger partial charge in [-0.25, -0.2) is 4.39 Å². The smallest absolute Gasteiger partial charge is 0.128 e. The molecule has 3 heteroatoms. The fraction of sp³-hybridized carbons (Fsp3) is 0.400. The van der Waals surface area contributed by atoms with E-state index in [1.807, 2.05) is 13.0 Å². The number of aryl methyl sites for hydroxylation is 1. The number of nitrogens with two attached hydrogens (primary N) is 1. The lowest BCUT2D eigenvalue weighted by Crippen LogP contribution is -2.04. The van der Waals surface area contributed by atoms with Gasteiger partial charge in [0.1, 0.15) is 6.17 Å². The van der Waals surface area contributed by atoms with Gasteiger partial charge in [-0.3, -0.25) is 0 Å². The summed E-state index contributed by atoms with van der Waals surface area (Å²) < 4.78 is 13.4. The van der Waals surface area contributed by atoms with Gasteiger partial charge in [-0.15, -0.1) is 0 Å². The van der Waals surface area contributed by atoms with Gasteiger partial charge in [0.25, 0.3) is 0 Å². The molecule has 0 saturated heterocycles. The molecular formula is C10H13ClFN. The van der Waals surface area contributed by atoms with Crippen LogP contribution in [-0.4, -0.2) is 6.54 Å². The highest BCUT2D eigenvalue weighted by Crippen LogP contribution is 2.28. The van der Waals surface area contributed by atoms with Crippen LogP contribution in [0.2, 0.25) is 5.02 Å². The molecule has 0 bridgehead atoms. The Morgan fingerprint density at radius 3 is 2.77 bits per heavy atom. The molecule has 1 atom stereocenters. The summed E-state index contributed by atoms with van der Waals surface area (Å²) in [5.74, 6) is 0. The van der Waals surface area contributed by atoms with Crippen LogP contribution in [0.5, 0.6) is 0 Å². The van der Waals surface area contributed by atoms with Crippen molar-refractivity contribution in [2.75, 3.05) is 6.54 Å². The van der Waals surface area contributed by atoms with E-state index in [1.165, 1.54) is 0 Å². The van der Waals surface area contributed by atoms with E-state index in [4.69, 9.17) is 17.3 Å². The molecule has 0 aliphatic heterocycles. The van der Waals surface area contributed by atoms with Crippen LogP contribution in [0.25, 0.3) is 0 Å². The molecule has 1 unspecified atom stereocenters. The van der Waals surface area contributed by atoms with Gasteiger partial charge in [-0.1, -0.05) is 23.7 Å². The molecule has 13 heavy (non-hydrogen) atoms. The molecule has 0 aliphatic carbocycles. The van der Waals surface area contributed by atoms with Crippen molar-refractivity contribution < 1.29 is 4.39 Å². The van der Waals surface area contributed by atoms with Crippen molar-refractivity contribution in [3.63, 3.8) is 0 Å². The molecule has 0 heterocycles. The maximum Gasteiger partial charge on any atom is 0.128 e. The molecular weight excluding hydrogens is 189 g/mol. The Hall–Kier alpha value is -0.600. The Morgan fingerprint density at radius 1 is 1.54 bits per heavy atom. The van der Waals surface area contributed by atoms with E-state index in [1.54, 1.807) is 12.1 Å². The molecule has 0 radical (unpaired) electrons. The van der Waals surface area contributed by atoms with E-state index in [0.29, 0.717) is 23.6 Å². The largest absolute Gasteiger partial charge is 0.330 e. The zero-order valence-corrected chi connectivity index (χ0v) is 8.31. The Bertz CT molecular complexity index is 288. The molecule has 2 N–H and O–H groups in total. The number of alkyl halides is 1. The zero-order valence-electron chi connectivity index (χ0n) is 7.56. The summed E-state index contributed by atoms with van der Waals surface area (Å²) in [7, 11) is 0. The summed E-state index contributed by atoms with van der Waals surface area (Å²) in [5.41, 5.74) is 6.84. The molecule has 0 aliphatic rings. The molecule has 1 nitrogen and oxygen atoms in total. The minimum absolute atomic E-state index is 0.322. The minimum atomic E-state index is -1.04. The van der Waals surface area contributed by atoms with E-state index in [-0.39, 0.29) is 0 Å². The van der Waals surface area contributed by atoms with Gasteiger partial charge in [0, 0.05) is 10.6 Å². The maximum atomic E-state index is 13.4. The molecule has 1 rings (SSSR count). The predicted octanol–water partition coefficient (Wildman–Crippen LogP) is 3.01. The third kappa shape index (κ3) is 2.68. The lowest BCUT2D eigenvalue weighted by molar-refractivity contribution is 0.328. The van der Waals surface area contributed by atoms with Gasteiger partial charge in [-0.05, 0) is 31.5 Å². The highest BCUT2D eigenvalue weighted by Gasteiger charge is 2.11. The van der Waals surface area contributed by atoms with Crippen molar-refractivity contribution in [1.29, 1.82) is 0 Å². The number of hydrogen-bond donors (Lipinski definition) is 1. The normalized spacial score (nSPS) is 12.9. The number of halogens is 2. The quantitative estimate of drug-likeness (QED) is 0.800. The summed E-state index contributed by atoms with van der Waals surface area (Å²) in [6.45, 7) is 2.26. The van der Waals surface area contributed by atoms with Crippen LogP contribution < -0.4 is 5.73 Å². The third-order valence-electron chi connectivity index (χ3n) is 1.91. The summed E-state index contributed by atoms with van der Waals surface area (Å²) >= 11 is 5.88. The predicted molar refractivity (Wildman–Crippen MR) is 53.7 cm³/mol. The zero-order chi connectivity index (χ0) is 9.84. The Labute approximate surface area is 82.7 Å². The fourth-order valence-corrected chi connectivity index (χ4v) is 1.54. The SMILES string of the molecule is Cc1ccc(C(F)CCN)c(Cl)c1. The fourth-order valence-electron chi connectivity index (χ4n) is 1.19. The van der Waals surface area contributed by atoms with Crippen LogP contribution >= 0.6 is 11.6 Å². The first kappa shape index (κ1) is 10.5. The average Bonchev–Trinajstić information content (AvgIpc) is 2.04. The molecule has 1 aromatic carbocycles. The minimum Gasteiger partial charge on any atom is -0.330 e. The van der Waals surface area contributed by atoms with Crippen LogP contribution in [0.1, 0.15) is 23.7 Å². The molecule has 0 spiro atoms. The van der Waals surface area contributed by atoms with E-state index < -0.39 is 6.17 Å². The molecule has 72 valence electrons. The van der Waals surface area contributed by atoms with Gasteiger partial charge >= 0.3 is 0 Å². The Kier molecular flexibility index (Phi) is 3.70. The van der Waals surface area contributed by atoms with Gasteiger partial charge in [0.15, 0.2) is 0 Å². The summed E-state index contributed by atoms with van der Waals surface area (Å²) in [6.07, 6.45) is -0.721. The molecule has 0 aromatic heterocycles. The van der Waals surface area contributed by atoms with Crippen LogP contribution in [0.4, 0.5) is 4.39 Å². The second-order valence-electron chi connectivity index (χ2n) is 3.07.